The first-order valence-electron chi connectivity index (χ1n) is 21.0. The lowest BCUT2D eigenvalue weighted by Crippen LogP contribution is -2.48. The quantitative estimate of drug-likeness (QED) is 0.106. The maximum Gasteiger partial charge on any atom is 0.433 e. The number of aromatic nitrogens is 1. The predicted molar refractivity (Wildman–Crippen MR) is 229 cm³/mol. The largest absolute Gasteiger partial charge is 0.497 e. The van der Waals surface area contributed by atoms with Crippen molar-refractivity contribution >= 4 is 12.2 Å². The number of hydrogen-bond donors (Lipinski definition) is 2. The fourth-order valence-electron chi connectivity index (χ4n) is 8.24. The molecule has 5 aromatic rings. The van der Waals surface area contributed by atoms with E-state index in [1.54, 1.807) is 41.2 Å². The zero-order valence-corrected chi connectivity index (χ0v) is 35.6. The van der Waals surface area contributed by atoms with E-state index in [4.69, 9.17) is 14.2 Å². The molecule has 0 bridgehead atoms. The van der Waals surface area contributed by atoms with Gasteiger partial charge in [-0.25, -0.2) is 14.0 Å². The second-order valence-electron chi connectivity index (χ2n) is 15.8. The van der Waals surface area contributed by atoms with E-state index >= 15 is 0 Å². The third-order valence-electron chi connectivity index (χ3n) is 12.0. The molecule has 0 saturated carbocycles. The summed E-state index contributed by atoms with van der Waals surface area (Å²) in [5.74, 6) is 0.406. The number of halogens is 4. The minimum Gasteiger partial charge on any atom is -0.497 e. The molecular weight excluding hydrogens is 819 g/mol. The number of cyclic esters (lactones) is 2. The predicted octanol–water partition coefficient (Wildman–Crippen LogP) is 10.7. The molecule has 4 atom stereocenters. The molecule has 0 radical (unpaired) electrons. The molecule has 3 heterocycles. The van der Waals surface area contributed by atoms with Crippen molar-refractivity contribution in [2.24, 2.45) is 0 Å². The summed E-state index contributed by atoms with van der Waals surface area (Å²) in [5.41, 5.74) is 2.24. The number of amides is 2. The van der Waals surface area contributed by atoms with Crippen molar-refractivity contribution in [1.82, 2.24) is 14.8 Å². The SMILES string of the molecule is CC(c1ccc(-c2ccc(C(F)(F)F)nc2)cc1)N1CCC(CCCO)(c2ccc(F)cc2)OC1=O.COc1ccc(C(C)N2CCC(CCCO)(c3ccccc3)OC2=O)cc1. The topological polar surface area (TPSA) is 122 Å². The first-order chi connectivity index (χ1) is 30.2. The van der Waals surface area contributed by atoms with Gasteiger partial charge < -0.3 is 34.2 Å². The van der Waals surface area contributed by atoms with Crippen LogP contribution in [0.5, 0.6) is 5.75 Å². The molecule has 2 fully saturated rings. The summed E-state index contributed by atoms with van der Waals surface area (Å²) < 4.78 is 68.9. The summed E-state index contributed by atoms with van der Waals surface area (Å²) in [7, 11) is 1.63. The highest BCUT2D eigenvalue weighted by atomic mass is 19.4. The Morgan fingerprint density at radius 2 is 1.16 bits per heavy atom. The normalized spacial score (nSPS) is 19.9. The van der Waals surface area contributed by atoms with Crippen LogP contribution < -0.4 is 4.74 Å². The molecule has 14 heteroatoms. The Bertz CT molecular complexity index is 2250. The molecule has 2 saturated heterocycles. The van der Waals surface area contributed by atoms with E-state index in [0.29, 0.717) is 68.3 Å². The van der Waals surface area contributed by atoms with Gasteiger partial charge in [-0.15, -0.1) is 0 Å². The lowest BCUT2D eigenvalue weighted by molar-refractivity contribution is -0.141. The highest BCUT2D eigenvalue weighted by Gasteiger charge is 2.44. The second kappa shape index (κ2) is 20.5. The van der Waals surface area contributed by atoms with Crippen molar-refractivity contribution in [3.8, 4) is 16.9 Å². The molecular formula is C49H53F4N3O7. The lowest BCUT2D eigenvalue weighted by atomic mass is 9.84. The minimum atomic E-state index is -4.49. The molecule has 2 aliphatic heterocycles. The van der Waals surface area contributed by atoms with Crippen molar-refractivity contribution < 1.29 is 51.6 Å². The average molecular weight is 872 g/mol. The van der Waals surface area contributed by atoms with Crippen molar-refractivity contribution in [2.45, 2.75) is 81.8 Å². The monoisotopic (exact) mass is 871 g/mol. The van der Waals surface area contributed by atoms with Crippen LogP contribution in [0, 0.1) is 5.82 Å². The second-order valence-corrected chi connectivity index (χ2v) is 15.8. The smallest absolute Gasteiger partial charge is 0.433 e. The Labute approximate surface area is 365 Å². The number of carbonyl (C=O) groups is 2. The number of methoxy groups -OCH3 is 1. The van der Waals surface area contributed by atoms with Crippen molar-refractivity contribution in [3.63, 3.8) is 0 Å². The van der Waals surface area contributed by atoms with Crippen LogP contribution in [-0.2, 0) is 26.9 Å². The number of nitrogens with zero attached hydrogens (tertiary/aromatic N) is 3. The van der Waals surface area contributed by atoms with Crippen LogP contribution in [0.2, 0.25) is 0 Å². The molecule has 2 N–H and O–H groups in total. The van der Waals surface area contributed by atoms with E-state index in [0.717, 1.165) is 28.5 Å². The lowest BCUT2D eigenvalue weighted by Gasteiger charge is -2.43. The van der Waals surface area contributed by atoms with Crippen LogP contribution in [0.15, 0.2) is 121 Å². The fourth-order valence-corrected chi connectivity index (χ4v) is 8.24. The molecule has 0 spiro atoms. The Hall–Kier alpha value is -5.99. The molecule has 4 aromatic carbocycles. The first-order valence-corrected chi connectivity index (χ1v) is 21.0. The Morgan fingerprint density at radius 1 is 0.683 bits per heavy atom. The molecule has 334 valence electrons. The zero-order chi connectivity index (χ0) is 45.2. The van der Waals surface area contributed by atoms with Gasteiger partial charge in [-0.2, -0.15) is 13.2 Å². The number of ether oxygens (including phenoxy) is 3. The number of carbonyl (C=O) groups excluding carboxylic acids is 2. The highest BCUT2D eigenvalue weighted by Crippen LogP contribution is 2.42. The maximum absolute atomic E-state index is 13.5. The van der Waals surface area contributed by atoms with E-state index in [9.17, 15) is 37.4 Å². The molecule has 2 amide bonds. The maximum atomic E-state index is 13.5. The first kappa shape index (κ1) is 46.5. The molecule has 4 unspecified atom stereocenters. The highest BCUT2D eigenvalue weighted by molar-refractivity contribution is 5.71. The molecule has 10 nitrogen and oxygen atoms in total. The Morgan fingerprint density at radius 3 is 1.59 bits per heavy atom. The van der Waals surface area contributed by atoms with Gasteiger partial charge in [0.15, 0.2) is 0 Å². The van der Waals surface area contributed by atoms with Gasteiger partial charge in [0.2, 0.25) is 0 Å². The van der Waals surface area contributed by atoms with Crippen LogP contribution in [0.4, 0.5) is 27.2 Å². The van der Waals surface area contributed by atoms with Crippen molar-refractivity contribution in [3.05, 3.63) is 155 Å². The van der Waals surface area contributed by atoms with Gasteiger partial charge in [0.1, 0.15) is 28.5 Å². The van der Waals surface area contributed by atoms with Crippen LogP contribution >= 0.6 is 0 Å². The third kappa shape index (κ3) is 11.0. The standard InChI is InChI=1S/C27H26F4N2O3.C22H27NO4/c1-18(19-3-5-20(6-4-19)21-7-12-24(32-17-21)27(29,30)31)33-15-14-26(13-2-16-34,36-25(33)35)22-8-10-23(28)11-9-22;1-17(18-9-11-20(26-2)12-10-18)23-15-14-22(13-6-16-24,27-21(23)25)19-7-4-3-5-8-19/h3-12,17-18,34H,2,13-16H2,1H3;3-5,7-12,17,24H,6,13-16H2,1-2H3. The Balaban J connectivity index is 0.000000219. The summed E-state index contributed by atoms with van der Waals surface area (Å²) in [4.78, 5) is 32.9. The van der Waals surface area contributed by atoms with Gasteiger partial charge in [0.05, 0.1) is 19.2 Å². The number of benzene rings is 4. The van der Waals surface area contributed by atoms with Gasteiger partial charge in [-0.3, -0.25) is 4.98 Å². The summed E-state index contributed by atoms with van der Waals surface area (Å²) in [6, 6.07) is 32.5. The zero-order valence-electron chi connectivity index (χ0n) is 35.6. The number of aliphatic hydroxyl groups excluding tert-OH is 2. The van der Waals surface area contributed by atoms with Gasteiger partial charge in [-0.05, 0) is 97.7 Å². The third-order valence-corrected chi connectivity index (χ3v) is 12.0. The number of alkyl halides is 3. The van der Waals surface area contributed by atoms with E-state index in [1.165, 1.54) is 24.4 Å². The van der Waals surface area contributed by atoms with Crippen LogP contribution in [0.1, 0.15) is 92.4 Å². The van der Waals surface area contributed by atoms with Gasteiger partial charge in [0.25, 0.3) is 0 Å². The van der Waals surface area contributed by atoms with Crippen LogP contribution in [0.25, 0.3) is 11.1 Å². The number of rotatable bonds is 14. The molecule has 1 aromatic heterocycles. The molecule has 7 rings (SSSR count). The summed E-state index contributed by atoms with van der Waals surface area (Å²) in [6.07, 6.45) is -0.899. The molecule has 2 aliphatic rings. The van der Waals surface area contributed by atoms with E-state index < -0.39 is 29.2 Å². The number of hydrogen-bond acceptors (Lipinski definition) is 8. The van der Waals surface area contributed by atoms with Gasteiger partial charge in [0, 0.05) is 50.9 Å². The number of aliphatic hydroxyl groups is 2. The van der Waals surface area contributed by atoms with E-state index in [1.807, 2.05) is 80.6 Å². The molecule has 63 heavy (non-hydrogen) atoms. The summed E-state index contributed by atoms with van der Waals surface area (Å²) in [5, 5.41) is 18.6. The molecule has 0 aliphatic carbocycles. The van der Waals surface area contributed by atoms with E-state index in [-0.39, 0.29) is 37.2 Å². The average Bonchev–Trinajstić information content (AvgIpc) is 3.30. The van der Waals surface area contributed by atoms with Crippen LogP contribution in [0.3, 0.4) is 0 Å². The number of pyridine rings is 1. The van der Waals surface area contributed by atoms with E-state index in [2.05, 4.69) is 4.98 Å². The summed E-state index contributed by atoms with van der Waals surface area (Å²) >= 11 is 0. The minimum absolute atomic E-state index is 0.0542. The van der Waals surface area contributed by atoms with Gasteiger partial charge >= 0.3 is 18.4 Å². The van der Waals surface area contributed by atoms with Gasteiger partial charge in [-0.1, -0.05) is 84.9 Å². The fraction of sp³-hybridized carbons (Fsp3) is 0.367. The van der Waals surface area contributed by atoms with Crippen molar-refractivity contribution in [2.75, 3.05) is 33.4 Å². The summed E-state index contributed by atoms with van der Waals surface area (Å²) in [6.45, 7) is 4.90. The van der Waals surface area contributed by atoms with Crippen LogP contribution in [-0.4, -0.2) is 70.6 Å². The Kier molecular flexibility index (Phi) is 15.1. The van der Waals surface area contributed by atoms with Crippen molar-refractivity contribution in [1.29, 1.82) is 0 Å².